The van der Waals surface area contributed by atoms with Crippen LogP contribution in [-0.4, -0.2) is 17.3 Å². The van der Waals surface area contributed by atoms with Crippen molar-refractivity contribution in [3.8, 4) is 0 Å². The highest BCUT2D eigenvalue weighted by Crippen LogP contribution is 2.58. The smallest absolute Gasteiger partial charge is 0.128 e. The van der Waals surface area contributed by atoms with E-state index in [0.29, 0.717) is 24.0 Å². The Morgan fingerprint density at radius 3 is 2.67 bits per heavy atom. The van der Waals surface area contributed by atoms with Crippen molar-refractivity contribution in [2.24, 2.45) is 11.8 Å². The number of rotatable bonds is 4. The fourth-order valence-electron chi connectivity index (χ4n) is 4.27. The molecule has 21 heavy (non-hydrogen) atoms. The zero-order chi connectivity index (χ0) is 15.3. The van der Waals surface area contributed by atoms with E-state index in [1.165, 1.54) is 6.07 Å². The molecular formula is C18H25FO2. The lowest BCUT2D eigenvalue weighted by Crippen LogP contribution is -2.43. The molecule has 0 amide bonds. The third-order valence-electron chi connectivity index (χ3n) is 5.53. The molecule has 0 aromatic heterocycles. The second-order valence-electron chi connectivity index (χ2n) is 7.22. The summed E-state index contributed by atoms with van der Waals surface area (Å²) >= 11 is 0. The zero-order valence-corrected chi connectivity index (χ0v) is 13.4. The molecule has 0 spiro atoms. The highest BCUT2D eigenvalue weighted by atomic mass is 19.1. The highest BCUT2D eigenvalue weighted by molar-refractivity contribution is 5.17. The van der Waals surface area contributed by atoms with Crippen LogP contribution in [-0.2, 0) is 16.1 Å². The maximum atomic E-state index is 13.7. The van der Waals surface area contributed by atoms with Gasteiger partial charge in [0.15, 0.2) is 0 Å². The van der Waals surface area contributed by atoms with Gasteiger partial charge in [0.05, 0.1) is 23.9 Å². The Kier molecular flexibility index (Phi) is 3.61. The molecule has 2 saturated heterocycles. The molecule has 2 heterocycles. The van der Waals surface area contributed by atoms with E-state index in [1.54, 1.807) is 12.1 Å². The summed E-state index contributed by atoms with van der Waals surface area (Å²) in [5.41, 5.74) is 0.319. The molecule has 3 heteroatoms. The van der Waals surface area contributed by atoms with Crippen LogP contribution in [0.15, 0.2) is 24.3 Å². The van der Waals surface area contributed by atoms with Crippen LogP contribution >= 0.6 is 0 Å². The van der Waals surface area contributed by atoms with Crippen molar-refractivity contribution in [3.63, 3.8) is 0 Å². The Hall–Kier alpha value is -0.930. The van der Waals surface area contributed by atoms with Gasteiger partial charge in [-0.3, -0.25) is 0 Å². The number of benzene rings is 1. The van der Waals surface area contributed by atoms with Gasteiger partial charge in [-0.25, -0.2) is 4.39 Å². The van der Waals surface area contributed by atoms with E-state index in [2.05, 4.69) is 27.7 Å². The van der Waals surface area contributed by atoms with Crippen molar-refractivity contribution in [1.82, 2.24) is 0 Å². The Bertz CT molecular complexity index is 530. The summed E-state index contributed by atoms with van der Waals surface area (Å²) in [4.78, 5) is 0. The highest BCUT2D eigenvalue weighted by Gasteiger charge is 2.64. The lowest BCUT2D eigenvalue weighted by molar-refractivity contribution is -0.0992. The van der Waals surface area contributed by atoms with Gasteiger partial charge in [-0.15, -0.1) is 0 Å². The van der Waals surface area contributed by atoms with Crippen molar-refractivity contribution >= 4 is 0 Å². The topological polar surface area (TPSA) is 18.5 Å². The molecule has 0 unspecified atom stereocenters. The predicted molar refractivity (Wildman–Crippen MR) is 80.4 cm³/mol. The molecule has 116 valence electrons. The summed E-state index contributed by atoms with van der Waals surface area (Å²) < 4.78 is 26.2. The first-order valence-electron chi connectivity index (χ1n) is 7.92. The Morgan fingerprint density at radius 1 is 1.33 bits per heavy atom. The first-order valence-corrected chi connectivity index (χ1v) is 7.92. The molecule has 1 aromatic rings. The third kappa shape index (κ3) is 2.31. The molecule has 0 aliphatic carbocycles. The van der Waals surface area contributed by atoms with Crippen molar-refractivity contribution in [2.45, 2.75) is 64.4 Å². The molecule has 1 aromatic carbocycles. The van der Waals surface area contributed by atoms with Crippen LogP contribution in [0.25, 0.3) is 0 Å². The predicted octanol–water partition coefficient (Wildman–Crippen LogP) is 4.32. The first kappa shape index (κ1) is 15.0. The van der Waals surface area contributed by atoms with Crippen LogP contribution in [0.3, 0.4) is 0 Å². The minimum absolute atomic E-state index is 0.0516. The average Bonchev–Trinajstić information content (AvgIpc) is 2.86. The monoisotopic (exact) mass is 292 g/mol. The molecule has 0 saturated carbocycles. The van der Waals surface area contributed by atoms with Gasteiger partial charge in [-0.2, -0.15) is 0 Å². The lowest BCUT2D eigenvalue weighted by atomic mass is 9.69. The maximum Gasteiger partial charge on any atom is 0.128 e. The van der Waals surface area contributed by atoms with Gasteiger partial charge in [-0.1, -0.05) is 39.0 Å². The Labute approximate surface area is 126 Å². The quantitative estimate of drug-likeness (QED) is 0.822. The Balaban J connectivity index is 1.73. The molecular weight excluding hydrogens is 267 g/mol. The molecule has 0 radical (unpaired) electrons. The van der Waals surface area contributed by atoms with E-state index in [9.17, 15) is 4.39 Å². The second-order valence-corrected chi connectivity index (χ2v) is 7.22. The molecule has 2 aliphatic rings. The summed E-state index contributed by atoms with van der Waals surface area (Å²) in [6.45, 7) is 9.19. The Morgan fingerprint density at radius 2 is 2.05 bits per heavy atom. The maximum absolute atomic E-state index is 13.7. The van der Waals surface area contributed by atoms with Gasteiger partial charge in [-0.05, 0) is 31.2 Å². The zero-order valence-electron chi connectivity index (χ0n) is 13.4. The van der Waals surface area contributed by atoms with Crippen LogP contribution < -0.4 is 0 Å². The molecule has 2 bridgehead atoms. The van der Waals surface area contributed by atoms with E-state index in [-0.39, 0.29) is 23.1 Å². The fraction of sp³-hybridized carbons (Fsp3) is 0.667. The minimum atomic E-state index is -0.227. The molecule has 0 N–H and O–H groups in total. The number of hydrogen-bond donors (Lipinski definition) is 0. The van der Waals surface area contributed by atoms with Crippen LogP contribution in [0.2, 0.25) is 0 Å². The van der Waals surface area contributed by atoms with Gasteiger partial charge in [0.2, 0.25) is 0 Å². The fourth-order valence-corrected chi connectivity index (χ4v) is 4.27. The van der Waals surface area contributed by atoms with Gasteiger partial charge in [0.25, 0.3) is 0 Å². The number of hydrogen-bond acceptors (Lipinski definition) is 2. The van der Waals surface area contributed by atoms with E-state index in [4.69, 9.17) is 9.47 Å². The summed E-state index contributed by atoms with van der Waals surface area (Å²) in [7, 11) is 0. The number of fused-ring (bicyclic) bond motifs is 2. The summed E-state index contributed by atoms with van der Waals surface area (Å²) in [5, 5.41) is 0. The van der Waals surface area contributed by atoms with Crippen molar-refractivity contribution in [3.05, 3.63) is 35.6 Å². The van der Waals surface area contributed by atoms with Crippen molar-refractivity contribution in [1.29, 1.82) is 0 Å². The van der Waals surface area contributed by atoms with Crippen molar-refractivity contribution in [2.75, 3.05) is 0 Å². The van der Waals surface area contributed by atoms with Crippen LogP contribution in [0, 0.1) is 17.7 Å². The average molecular weight is 292 g/mol. The molecule has 3 rings (SSSR count). The molecule has 2 fully saturated rings. The lowest BCUT2D eigenvalue weighted by Gasteiger charge is -2.36. The van der Waals surface area contributed by atoms with Gasteiger partial charge < -0.3 is 9.47 Å². The van der Waals surface area contributed by atoms with Gasteiger partial charge in [0, 0.05) is 12.0 Å². The van der Waals surface area contributed by atoms with E-state index in [1.807, 2.05) is 6.07 Å². The second kappa shape index (κ2) is 5.06. The molecule has 2 aliphatic heterocycles. The largest absolute Gasteiger partial charge is 0.370 e. The van der Waals surface area contributed by atoms with E-state index >= 15 is 0 Å². The molecule has 2 nitrogen and oxygen atoms in total. The standard InChI is InChI=1S/C18H25FO2/c1-12(2)18-10-16(17(4,21-18)9-13(18)3)20-11-14-7-5-6-8-15(14)19/h5-8,12-13,16H,9-11H2,1-4H3/t13-,16-,17+,18-/m0/s1. The van der Waals surface area contributed by atoms with Crippen LogP contribution in [0.4, 0.5) is 4.39 Å². The van der Waals surface area contributed by atoms with Gasteiger partial charge in [0.1, 0.15) is 5.82 Å². The van der Waals surface area contributed by atoms with Crippen molar-refractivity contribution < 1.29 is 13.9 Å². The number of ether oxygens (including phenoxy) is 2. The van der Waals surface area contributed by atoms with Crippen LogP contribution in [0.1, 0.15) is 46.1 Å². The summed E-state index contributed by atoms with van der Waals surface area (Å²) in [6, 6.07) is 6.82. The normalized spacial score (nSPS) is 38.4. The minimum Gasteiger partial charge on any atom is -0.370 e. The number of halogens is 1. The van der Waals surface area contributed by atoms with E-state index in [0.717, 1.165) is 12.8 Å². The van der Waals surface area contributed by atoms with E-state index < -0.39 is 0 Å². The first-order chi connectivity index (χ1) is 9.87. The summed E-state index contributed by atoms with van der Waals surface area (Å²) in [6.07, 6.45) is 1.99. The molecule has 4 atom stereocenters. The third-order valence-corrected chi connectivity index (χ3v) is 5.53. The SMILES string of the molecule is CC(C)[C@@]12C[C@H](OCc3ccccc3F)[C@@](C)(C[C@@H]1C)O2. The van der Waals surface area contributed by atoms with Crippen LogP contribution in [0.5, 0.6) is 0 Å². The summed E-state index contributed by atoms with van der Waals surface area (Å²) in [5.74, 6) is 0.825. The van der Waals surface area contributed by atoms with Gasteiger partial charge >= 0.3 is 0 Å².